The summed E-state index contributed by atoms with van der Waals surface area (Å²) in [5.41, 5.74) is 2.46. The Morgan fingerprint density at radius 2 is 1.66 bits per heavy atom. The standard InChI is InChI=1S/C27H26F2N2O3S/c1-3-4-15-35(33,34)23-12-5-19(6-13-23)27(32)31-18(2)16-25(24-17-21(29)9-14-26(24)31)30-22-10-7-20(28)8-11-22/h5-14,17-18H,3-4,15-16H2,1-2H3. The van der Waals surface area contributed by atoms with Gasteiger partial charge in [-0.25, -0.2) is 17.2 Å². The maximum atomic E-state index is 14.2. The molecule has 1 atom stereocenters. The maximum absolute atomic E-state index is 14.2. The Hall–Kier alpha value is -3.39. The Bertz CT molecular complexity index is 1370. The summed E-state index contributed by atoms with van der Waals surface area (Å²) in [5, 5.41) is 0. The van der Waals surface area contributed by atoms with Crippen LogP contribution in [0.4, 0.5) is 20.2 Å². The predicted octanol–water partition coefficient (Wildman–Crippen LogP) is 6.10. The van der Waals surface area contributed by atoms with Gasteiger partial charge in [0.15, 0.2) is 9.84 Å². The number of amides is 1. The third kappa shape index (κ3) is 5.32. The SMILES string of the molecule is CCCCS(=O)(=O)c1ccc(C(=O)N2c3ccc(F)cc3C(=Nc3ccc(F)cc3)CC2C)cc1. The minimum atomic E-state index is -3.40. The number of nitrogens with zero attached hydrogens (tertiary/aromatic N) is 2. The summed E-state index contributed by atoms with van der Waals surface area (Å²) in [6.45, 7) is 3.80. The second-order valence-corrected chi connectivity index (χ2v) is 10.7. The number of fused-ring (bicyclic) bond motifs is 1. The van der Waals surface area contributed by atoms with Crippen molar-refractivity contribution in [3.63, 3.8) is 0 Å². The molecule has 1 heterocycles. The van der Waals surface area contributed by atoms with Crippen molar-refractivity contribution in [1.29, 1.82) is 0 Å². The highest BCUT2D eigenvalue weighted by Crippen LogP contribution is 2.34. The number of aliphatic imine (C=N–C) groups is 1. The summed E-state index contributed by atoms with van der Waals surface area (Å²) >= 11 is 0. The Kier molecular flexibility index (Phi) is 7.12. The minimum Gasteiger partial charge on any atom is -0.305 e. The summed E-state index contributed by atoms with van der Waals surface area (Å²) < 4.78 is 52.4. The van der Waals surface area contributed by atoms with E-state index >= 15 is 0 Å². The topological polar surface area (TPSA) is 66.8 Å². The van der Waals surface area contributed by atoms with Crippen LogP contribution in [0.5, 0.6) is 0 Å². The van der Waals surface area contributed by atoms with Crippen LogP contribution in [0.3, 0.4) is 0 Å². The lowest BCUT2D eigenvalue weighted by Gasteiger charge is -2.36. The highest BCUT2D eigenvalue weighted by molar-refractivity contribution is 7.91. The van der Waals surface area contributed by atoms with Gasteiger partial charge in [0.05, 0.1) is 27.7 Å². The van der Waals surface area contributed by atoms with E-state index < -0.39 is 15.7 Å². The number of carbonyl (C=O) groups is 1. The van der Waals surface area contributed by atoms with E-state index in [1.165, 1.54) is 48.5 Å². The quantitative estimate of drug-likeness (QED) is 0.414. The molecule has 0 saturated carbocycles. The summed E-state index contributed by atoms with van der Waals surface area (Å²) in [5.74, 6) is -1.09. The summed E-state index contributed by atoms with van der Waals surface area (Å²) in [6, 6.07) is 15.5. The van der Waals surface area contributed by atoms with E-state index in [1.807, 2.05) is 13.8 Å². The molecule has 0 aromatic heterocycles. The lowest BCUT2D eigenvalue weighted by atomic mass is 9.93. The second-order valence-electron chi connectivity index (χ2n) is 8.62. The Morgan fingerprint density at radius 3 is 2.31 bits per heavy atom. The summed E-state index contributed by atoms with van der Waals surface area (Å²) in [4.78, 5) is 19.9. The van der Waals surface area contributed by atoms with Crippen LogP contribution in [-0.4, -0.2) is 31.8 Å². The van der Waals surface area contributed by atoms with Crippen LogP contribution < -0.4 is 4.90 Å². The summed E-state index contributed by atoms with van der Waals surface area (Å²) in [6.07, 6.45) is 1.71. The van der Waals surface area contributed by atoms with Gasteiger partial charge in [-0.3, -0.25) is 9.79 Å². The van der Waals surface area contributed by atoms with Gasteiger partial charge < -0.3 is 4.90 Å². The van der Waals surface area contributed by atoms with Gasteiger partial charge in [0.1, 0.15) is 11.6 Å². The number of carbonyl (C=O) groups excluding carboxylic acids is 1. The first-order valence-electron chi connectivity index (χ1n) is 11.5. The second kappa shape index (κ2) is 10.1. The molecule has 3 aromatic rings. The zero-order valence-corrected chi connectivity index (χ0v) is 20.4. The first-order chi connectivity index (χ1) is 16.7. The van der Waals surface area contributed by atoms with Crippen molar-refractivity contribution >= 4 is 32.8 Å². The van der Waals surface area contributed by atoms with E-state index in [9.17, 15) is 22.0 Å². The molecular weight excluding hydrogens is 470 g/mol. The maximum Gasteiger partial charge on any atom is 0.258 e. The molecule has 0 aliphatic carbocycles. The van der Waals surface area contributed by atoms with Crippen LogP contribution in [0.25, 0.3) is 0 Å². The fourth-order valence-corrected chi connectivity index (χ4v) is 5.61. The fraction of sp³-hybridized carbons (Fsp3) is 0.259. The van der Waals surface area contributed by atoms with Crippen molar-refractivity contribution in [1.82, 2.24) is 0 Å². The molecule has 0 bridgehead atoms. The molecule has 1 aliphatic heterocycles. The molecule has 0 radical (unpaired) electrons. The van der Waals surface area contributed by atoms with Crippen molar-refractivity contribution in [3.8, 4) is 0 Å². The number of benzene rings is 3. The van der Waals surface area contributed by atoms with Crippen molar-refractivity contribution in [2.45, 2.75) is 44.0 Å². The van der Waals surface area contributed by atoms with Gasteiger partial charge >= 0.3 is 0 Å². The van der Waals surface area contributed by atoms with Crippen LogP contribution >= 0.6 is 0 Å². The molecule has 182 valence electrons. The number of halogens is 2. The van der Waals surface area contributed by atoms with E-state index in [0.717, 1.165) is 6.42 Å². The van der Waals surface area contributed by atoms with E-state index in [2.05, 4.69) is 4.99 Å². The minimum absolute atomic E-state index is 0.0645. The average molecular weight is 497 g/mol. The van der Waals surface area contributed by atoms with Crippen molar-refractivity contribution < 1.29 is 22.0 Å². The van der Waals surface area contributed by atoms with E-state index in [1.54, 1.807) is 23.1 Å². The van der Waals surface area contributed by atoms with E-state index in [0.29, 0.717) is 41.1 Å². The Morgan fingerprint density at radius 1 is 1.00 bits per heavy atom. The number of sulfone groups is 1. The van der Waals surface area contributed by atoms with Crippen LogP contribution in [0.2, 0.25) is 0 Å². The largest absolute Gasteiger partial charge is 0.305 e. The van der Waals surface area contributed by atoms with Crippen molar-refractivity contribution in [3.05, 3.63) is 89.5 Å². The predicted molar refractivity (Wildman–Crippen MR) is 133 cm³/mol. The fourth-order valence-electron chi connectivity index (χ4n) is 4.15. The number of hydrogen-bond donors (Lipinski definition) is 0. The molecule has 0 saturated heterocycles. The van der Waals surface area contributed by atoms with E-state index in [-0.39, 0.29) is 28.4 Å². The molecule has 1 aliphatic rings. The van der Waals surface area contributed by atoms with Crippen LogP contribution in [0.15, 0.2) is 76.6 Å². The van der Waals surface area contributed by atoms with Crippen LogP contribution in [0.1, 0.15) is 49.0 Å². The lowest BCUT2D eigenvalue weighted by molar-refractivity contribution is 0.0978. The Balaban J connectivity index is 1.68. The number of rotatable bonds is 6. The molecule has 1 amide bonds. The summed E-state index contributed by atoms with van der Waals surface area (Å²) in [7, 11) is -3.40. The van der Waals surface area contributed by atoms with Crippen molar-refractivity contribution in [2.24, 2.45) is 4.99 Å². The van der Waals surface area contributed by atoms with Gasteiger partial charge in [-0.2, -0.15) is 0 Å². The molecule has 35 heavy (non-hydrogen) atoms. The zero-order valence-electron chi connectivity index (χ0n) is 19.5. The highest BCUT2D eigenvalue weighted by atomic mass is 32.2. The normalized spacial score (nSPS) is 16.9. The van der Waals surface area contributed by atoms with Gasteiger partial charge in [-0.05, 0) is 80.1 Å². The smallest absolute Gasteiger partial charge is 0.258 e. The molecule has 4 rings (SSSR count). The number of hydrogen-bond acceptors (Lipinski definition) is 4. The molecular formula is C27H26F2N2O3S. The molecule has 8 heteroatoms. The third-order valence-electron chi connectivity index (χ3n) is 6.00. The first kappa shape index (κ1) is 24.7. The van der Waals surface area contributed by atoms with Gasteiger partial charge in [0.25, 0.3) is 5.91 Å². The molecule has 5 nitrogen and oxygen atoms in total. The monoisotopic (exact) mass is 496 g/mol. The zero-order chi connectivity index (χ0) is 25.2. The average Bonchev–Trinajstić information content (AvgIpc) is 2.84. The number of unbranched alkanes of at least 4 members (excludes halogenated alkanes) is 1. The molecule has 0 N–H and O–H groups in total. The molecule has 3 aromatic carbocycles. The van der Waals surface area contributed by atoms with Gasteiger partial charge in [0, 0.05) is 23.6 Å². The van der Waals surface area contributed by atoms with Crippen molar-refractivity contribution in [2.75, 3.05) is 10.7 Å². The van der Waals surface area contributed by atoms with Gasteiger partial charge in [-0.15, -0.1) is 0 Å². The van der Waals surface area contributed by atoms with Crippen LogP contribution in [0, 0.1) is 11.6 Å². The van der Waals surface area contributed by atoms with Gasteiger partial charge in [0.2, 0.25) is 0 Å². The first-order valence-corrected chi connectivity index (χ1v) is 13.1. The molecule has 0 spiro atoms. The highest BCUT2D eigenvalue weighted by Gasteiger charge is 2.33. The Labute approximate surface area is 204 Å². The third-order valence-corrected chi connectivity index (χ3v) is 7.81. The van der Waals surface area contributed by atoms with E-state index in [4.69, 9.17) is 0 Å². The van der Waals surface area contributed by atoms with Gasteiger partial charge in [-0.1, -0.05) is 13.3 Å². The lowest BCUT2D eigenvalue weighted by Crippen LogP contribution is -2.44. The molecule has 1 unspecified atom stereocenters. The number of anilines is 1. The molecule has 0 fully saturated rings. The van der Waals surface area contributed by atoms with Crippen LogP contribution in [-0.2, 0) is 9.84 Å².